The van der Waals surface area contributed by atoms with Crippen LogP contribution in [0.3, 0.4) is 0 Å². The van der Waals surface area contributed by atoms with Crippen molar-refractivity contribution in [2.45, 2.75) is 13.5 Å². The fraction of sp³-hybridized carbons (Fsp3) is 0.130. The molecule has 0 aliphatic rings. The Labute approximate surface area is 173 Å². The van der Waals surface area contributed by atoms with Gasteiger partial charge in [-0.05, 0) is 47.0 Å². The summed E-state index contributed by atoms with van der Waals surface area (Å²) in [5, 5.41) is 11.6. The zero-order valence-corrected chi connectivity index (χ0v) is 16.8. The van der Waals surface area contributed by atoms with Crippen LogP contribution in [0.25, 0.3) is 16.8 Å². The van der Waals surface area contributed by atoms with E-state index in [0.717, 1.165) is 21.9 Å². The summed E-state index contributed by atoms with van der Waals surface area (Å²) in [4.78, 5) is 11.3. The molecule has 2 N–H and O–H groups in total. The highest BCUT2D eigenvalue weighted by Crippen LogP contribution is 2.38. The lowest BCUT2D eigenvalue weighted by Gasteiger charge is -2.16. The topological polar surface area (TPSA) is 85.3 Å². The second-order valence-electron chi connectivity index (χ2n) is 6.44. The number of rotatable bonds is 6. The number of benzene rings is 3. The number of halogens is 1. The smallest absolute Gasteiger partial charge is 0.259 e. The number of fused-ring (bicyclic) bond motifs is 1. The molecule has 3 aromatic rings. The van der Waals surface area contributed by atoms with Gasteiger partial charge in [-0.25, -0.2) is 0 Å². The number of primary amides is 1. The first-order chi connectivity index (χ1) is 13.9. The number of hydrogen-bond acceptors (Lipinski definition) is 4. The Morgan fingerprint density at radius 1 is 1.24 bits per heavy atom. The number of methoxy groups -OCH3 is 1. The standard InChI is InChI=1S/C23H19ClN2O3/c1-14-7-8-16-5-3-4-6-18(16)19(14)13-29-22-20(24)10-15(11-21(22)28-2)9-17(12-25)23(26)27/h3-11H,13H2,1-2H3,(H2,26,27)/b17-9+. The summed E-state index contributed by atoms with van der Waals surface area (Å²) in [6, 6.07) is 17.2. The first-order valence-corrected chi connectivity index (χ1v) is 9.21. The van der Waals surface area contributed by atoms with Crippen LogP contribution in [0.15, 0.2) is 54.1 Å². The molecule has 6 heteroatoms. The van der Waals surface area contributed by atoms with Gasteiger partial charge < -0.3 is 15.2 Å². The normalized spacial score (nSPS) is 11.2. The van der Waals surface area contributed by atoms with Gasteiger partial charge in [0.2, 0.25) is 0 Å². The van der Waals surface area contributed by atoms with E-state index < -0.39 is 5.91 Å². The molecule has 146 valence electrons. The number of carbonyl (C=O) groups excluding carboxylic acids is 1. The molecule has 0 radical (unpaired) electrons. The molecular formula is C23H19ClN2O3. The van der Waals surface area contributed by atoms with Gasteiger partial charge >= 0.3 is 0 Å². The minimum atomic E-state index is -0.811. The summed E-state index contributed by atoms with van der Waals surface area (Å²) in [7, 11) is 1.49. The molecule has 5 nitrogen and oxygen atoms in total. The maximum Gasteiger partial charge on any atom is 0.259 e. The summed E-state index contributed by atoms with van der Waals surface area (Å²) < 4.78 is 11.4. The van der Waals surface area contributed by atoms with Crippen LogP contribution < -0.4 is 15.2 Å². The molecular weight excluding hydrogens is 388 g/mol. The minimum Gasteiger partial charge on any atom is -0.493 e. The Morgan fingerprint density at radius 3 is 2.69 bits per heavy atom. The lowest BCUT2D eigenvalue weighted by atomic mass is 10.0. The Balaban J connectivity index is 1.96. The zero-order valence-electron chi connectivity index (χ0n) is 16.0. The number of nitriles is 1. The van der Waals surface area contributed by atoms with E-state index in [0.29, 0.717) is 28.7 Å². The molecule has 29 heavy (non-hydrogen) atoms. The van der Waals surface area contributed by atoms with Crippen molar-refractivity contribution in [3.8, 4) is 17.6 Å². The largest absolute Gasteiger partial charge is 0.493 e. The zero-order chi connectivity index (χ0) is 21.0. The predicted molar refractivity (Wildman–Crippen MR) is 114 cm³/mol. The summed E-state index contributed by atoms with van der Waals surface area (Å²) >= 11 is 6.41. The molecule has 0 heterocycles. The Hall–Kier alpha value is -3.49. The van der Waals surface area contributed by atoms with Crippen molar-refractivity contribution in [1.82, 2.24) is 0 Å². The Kier molecular flexibility index (Phi) is 6.06. The molecule has 0 saturated heterocycles. The van der Waals surface area contributed by atoms with Gasteiger partial charge in [0.1, 0.15) is 18.2 Å². The van der Waals surface area contributed by atoms with Crippen molar-refractivity contribution >= 4 is 34.4 Å². The number of carbonyl (C=O) groups is 1. The molecule has 3 aromatic carbocycles. The molecule has 0 bridgehead atoms. The first kappa shape index (κ1) is 20.2. The van der Waals surface area contributed by atoms with Gasteiger partial charge in [-0.2, -0.15) is 5.26 Å². The molecule has 0 unspecified atom stereocenters. The van der Waals surface area contributed by atoms with E-state index >= 15 is 0 Å². The highest BCUT2D eigenvalue weighted by molar-refractivity contribution is 6.32. The highest BCUT2D eigenvalue weighted by Gasteiger charge is 2.14. The fourth-order valence-corrected chi connectivity index (χ4v) is 3.34. The molecule has 0 aliphatic heterocycles. The van der Waals surface area contributed by atoms with Crippen molar-refractivity contribution in [1.29, 1.82) is 5.26 Å². The Bertz CT molecular complexity index is 1160. The number of nitrogens with zero attached hydrogens (tertiary/aromatic N) is 1. The van der Waals surface area contributed by atoms with Crippen molar-refractivity contribution in [3.05, 3.63) is 75.8 Å². The number of nitrogens with two attached hydrogens (primary N) is 1. The molecule has 0 aromatic heterocycles. The van der Waals surface area contributed by atoms with Crippen molar-refractivity contribution in [2.24, 2.45) is 5.73 Å². The lowest BCUT2D eigenvalue weighted by Crippen LogP contribution is -2.12. The first-order valence-electron chi connectivity index (χ1n) is 8.83. The van der Waals surface area contributed by atoms with Crippen LogP contribution in [-0.4, -0.2) is 13.0 Å². The van der Waals surface area contributed by atoms with E-state index in [1.807, 2.05) is 19.1 Å². The second-order valence-corrected chi connectivity index (χ2v) is 6.85. The van der Waals surface area contributed by atoms with Gasteiger partial charge in [-0.1, -0.05) is 48.0 Å². The second kappa shape index (κ2) is 8.68. The van der Waals surface area contributed by atoms with Crippen LogP contribution in [0.5, 0.6) is 11.5 Å². The van der Waals surface area contributed by atoms with Gasteiger partial charge in [0, 0.05) is 5.56 Å². The van der Waals surface area contributed by atoms with Gasteiger partial charge in [-0.15, -0.1) is 0 Å². The number of amides is 1. The highest BCUT2D eigenvalue weighted by atomic mass is 35.5. The fourth-order valence-electron chi connectivity index (χ4n) is 3.07. The van der Waals surface area contributed by atoms with Crippen LogP contribution in [0, 0.1) is 18.3 Å². The SMILES string of the molecule is COc1cc(/C=C(\C#N)C(N)=O)cc(Cl)c1OCc1c(C)ccc2ccccc12. The van der Waals surface area contributed by atoms with Crippen LogP contribution >= 0.6 is 11.6 Å². The van der Waals surface area contributed by atoms with Gasteiger partial charge in [0.25, 0.3) is 5.91 Å². The molecule has 3 rings (SSSR count). The van der Waals surface area contributed by atoms with E-state index in [-0.39, 0.29) is 5.57 Å². The summed E-state index contributed by atoms with van der Waals surface area (Å²) in [5.41, 5.74) is 7.69. The summed E-state index contributed by atoms with van der Waals surface area (Å²) in [5.74, 6) is -0.0334. The third kappa shape index (κ3) is 4.34. The molecule has 0 fully saturated rings. The number of aryl methyl sites for hydroxylation is 1. The third-order valence-electron chi connectivity index (χ3n) is 4.58. The summed E-state index contributed by atoms with van der Waals surface area (Å²) in [6.45, 7) is 2.34. The van der Waals surface area contributed by atoms with E-state index in [9.17, 15) is 4.79 Å². The number of ether oxygens (including phenoxy) is 2. The molecule has 0 spiro atoms. The van der Waals surface area contributed by atoms with Crippen molar-refractivity contribution < 1.29 is 14.3 Å². The number of hydrogen-bond donors (Lipinski definition) is 1. The van der Waals surface area contributed by atoms with Crippen LogP contribution in [0.1, 0.15) is 16.7 Å². The molecule has 0 atom stereocenters. The quantitative estimate of drug-likeness (QED) is 0.471. The summed E-state index contributed by atoms with van der Waals surface area (Å²) in [6.07, 6.45) is 1.36. The predicted octanol–water partition coefficient (Wildman–Crippen LogP) is 4.78. The molecule has 1 amide bonds. The third-order valence-corrected chi connectivity index (χ3v) is 4.87. The monoisotopic (exact) mass is 406 g/mol. The maximum absolute atomic E-state index is 11.3. The van der Waals surface area contributed by atoms with E-state index in [1.165, 1.54) is 13.2 Å². The van der Waals surface area contributed by atoms with E-state index in [2.05, 4.69) is 24.3 Å². The lowest BCUT2D eigenvalue weighted by molar-refractivity contribution is -0.114. The van der Waals surface area contributed by atoms with Crippen molar-refractivity contribution in [2.75, 3.05) is 7.11 Å². The van der Waals surface area contributed by atoms with E-state index in [1.54, 1.807) is 18.2 Å². The van der Waals surface area contributed by atoms with E-state index in [4.69, 9.17) is 32.1 Å². The maximum atomic E-state index is 11.3. The van der Waals surface area contributed by atoms with Gasteiger partial charge in [0.15, 0.2) is 11.5 Å². The molecule has 0 aliphatic carbocycles. The van der Waals surface area contributed by atoms with Gasteiger partial charge in [-0.3, -0.25) is 4.79 Å². The average molecular weight is 407 g/mol. The average Bonchev–Trinajstić information content (AvgIpc) is 2.71. The van der Waals surface area contributed by atoms with Gasteiger partial charge in [0.05, 0.1) is 12.1 Å². The minimum absolute atomic E-state index is 0.178. The Morgan fingerprint density at radius 2 is 2.00 bits per heavy atom. The van der Waals surface area contributed by atoms with Crippen molar-refractivity contribution in [3.63, 3.8) is 0 Å². The van der Waals surface area contributed by atoms with Crippen LogP contribution in [-0.2, 0) is 11.4 Å². The van der Waals surface area contributed by atoms with Crippen LogP contribution in [0.2, 0.25) is 5.02 Å². The van der Waals surface area contributed by atoms with Crippen LogP contribution in [0.4, 0.5) is 0 Å². The molecule has 0 saturated carbocycles.